The maximum atomic E-state index is 12.5. The minimum absolute atomic E-state index is 0. The van der Waals surface area contributed by atoms with Crippen molar-refractivity contribution in [2.75, 3.05) is 13.1 Å². The van der Waals surface area contributed by atoms with Gasteiger partial charge in [0, 0.05) is 19.3 Å². The molecule has 31 heavy (non-hydrogen) atoms. The van der Waals surface area contributed by atoms with E-state index in [1.165, 1.54) is 0 Å². The summed E-state index contributed by atoms with van der Waals surface area (Å²) in [5.74, 6) is -1.08. The van der Waals surface area contributed by atoms with Crippen LogP contribution in [0.15, 0.2) is 12.4 Å². The maximum absolute atomic E-state index is 12.5. The van der Waals surface area contributed by atoms with E-state index in [-0.39, 0.29) is 55.0 Å². The van der Waals surface area contributed by atoms with Crippen molar-refractivity contribution in [3.05, 3.63) is 12.4 Å². The summed E-state index contributed by atoms with van der Waals surface area (Å²) in [6, 6.07) is -3.06. The normalized spacial score (nSPS) is 27.7. The van der Waals surface area contributed by atoms with Gasteiger partial charge in [-0.05, 0) is 19.3 Å². The number of nitrogens with one attached hydrogen (secondary N) is 3. The Labute approximate surface area is 199 Å². The van der Waals surface area contributed by atoms with Gasteiger partial charge in [0.2, 0.25) is 10.4 Å². The summed E-state index contributed by atoms with van der Waals surface area (Å²) in [5.41, 5.74) is 4.63. The molecule has 15 nitrogen and oxygen atoms in total. The predicted octanol–water partition coefficient (Wildman–Crippen LogP) is -6.01. The van der Waals surface area contributed by atoms with Gasteiger partial charge >= 0.3 is 35.6 Å². The van der Waals surface area contributed by atoms with Crippen LogP contribution in [-0.4, -0.2) is 87.0 Å². The van der Waals surface area contributed by atoms with E-state index in [0.29, 0.717) is 18.0 Å². The van der Waals surface area contributed by atoms with Gasteiger partial charge in [-0.1, -0.05) is 5.21 Å². The number of aromatic nitrogens is 3. The van der Waals surface area contributed by atoms with Crippen LogP contribution in [-0.2, 0) is 24.3 Å². The van der Waals surface area contributed by atoms with Crippen molar-refractivity contribution in [3.8, 4) is 0 Å². The van der Waals surface area contributed by atoms with Crippen molar-refractivity contribution in [2.24, 2.45) is 0 Å². The van der Waals surface area contributed by atoms with Crippen LogP contribution in [0.25, 0.3) is 0 Å². The molecule has 164 valence electrons. The van der Waals surface area contributed by atoms with Gasteiger partial charge in [-0.2, -0.15) is 9.35 Å². The van der Waals surface area contributed by atoms with E-state index in [2.05, 4.69) is 30.8 Å². The predicted molar refractivity (Wildman–Crippen MR) is 93.3 cm³/mol. The van der Waals surface area contributed by atoms with Gasteiger partial charge in [0.1, 0.15) is 6.04 Å². The first-order chi connectivity index (χ1) is 14.2. The Hall–Kier alpha value is -1.82. The number of hydroxylamine groups is 2. The Morgan fingerprint density at radius 1 is 1.23 bits per heavy atom. The summed E-state index contributed by atoms with van der Waals surface area (Å²) in [5, 5.41) is 11.2. The van der Waals surface area contributed by atoms with Crippen LogP contribution in [0.5, 0.6) is 0 Å². The van der Waals surface area contributed by atoms with E-state index in [0.717, 1.165) is 4.90 Å². The molecule has 0 saturated carbocycles. The Bertz CT molecular complexity index is 944. The molecule has 3 aliphatic rings. The summed E-state index contributed by atoms with van der Waals surface area (Å²) >= 11 is 0. The first kappa shape index (κ1) is 23.8. The van der Waals surface area contributed by atoms with Crippen LogP contribution in [0.3, 0.4) is 0 Å². The number of urea groups is 1. The number of carbonyl (C=O) groups is 3. The molecule has 1 aromatic heterocycles. The van der Waals surface area contributed by atoms with Crippen molar-refractivity contribution in [1.29, 1.82) is 0 Å². The average Bonchev–Trinajstić information content (AvgIpc) is 3.43. The van der Waals surface area contributed by atoms with Gasteiger partial charge in [-0.3, -0.25) is 20.4 Å². The van der Waals surface area contributed by atoms with Crippen LogP contribution in [0.4, 0.5) is 4.79 Å². The van der Waals surface area contributed by atoms with Crippen LogP contribution in [0, 0.1) is 0 Å². The van der Waals surface area contributed by atoms with Crippen LogP contribution >= 0.6 is 0 Å². The minimum atomic E-state index is -5.11. The molecular weight excluding hydrogens is 447 g/mol. The van der Waals surface area contributed by atoms with Gasteiger partial charge in [0.15, 0.2) is 0 Å². The van der Waals surface area contributed by atoms with E-state index in [4.69, 9.17) is 0 Å². The quantitative estimate of drug-likeness (QED) is 0.163. The van der Waals surface area contributed by atoms with Crippen molar-refractivity contribution < 1.29 is 61.2 Å². The van der Waals surface area contributed by atoms with E-state index in [1.807, 2.05) is 0 Å². The first-order valence-electron chi connectivity index (χ1n) is 9.17. The Morgan fingerprint density at radius 3 is 2.65 bits per heavy atom. The van der Waals surface area contributed by atoms with Gasteiger partial charge < -0.3 is 14.8 Å². The van der Waals surface area contributed by atoms with Crippen molar-refractivity contribution in [1.82, 2.24) is 41.1 Å². The molecule has 0 aliphatic carbocycles. The fourth-order valence-corrected chi connectivity index (χ4v) is 4.31. The van der Waals surface area contributed by atoms with E-state index < -0.39 is 46.4 Å². The molecule has 3 aliphatic heterocycles. The molecule has 0 spiro atoms. The summed E-state index contributed by atoms with van der Waals surface area (Å²) < 4.78 is 38.3. The fourth-order valence-electron chi connectivity index (χ4n) is 3.93. The molecule has 3 N–H and O–H groups in total. The molecule has 1 aromatic rings. The number of fused-ring (bicyclic) bond motifs is 2. The number of amides is 4. The number of hydrazine groups is 1. The molecule has 4 atom stereocenters. The molecule has 0 unspecified atom stereocenters. The third kappa shape index (κ3) is 5.16. The largest absolute Gasteiger partial charge is 1.00 e. The van der Waals surface area contributed by atoms with Gasteiger partial charge in [-0.25, -0.2) is 17.9 Å². The molecule has 4 rings (SSSR count). The topological polar surface area (TPSA) is 191 Å². The molecule has 4 amide bonds. The standard InChI is InChI=1S/C14H20N8O7S.Na/c23-12(10-5-9(6-15-10)21-4-3-16-19-21)17-18-13(24)11-2-1-8-7-20(11)14(25)22(8)29-30(26,27)28;/h3-4,8-11,15H,1-2,5-7H2,(H,17,23)(H,18,24)(H,26,27,28);/q;+1/p-1/t8-,9+,10+,11-;/m1./s1. The first-order valence-corrected chi connectivity index (χ1v) is 10.5. The van der Waals surface area contributed by atoms with Crippen molar-refractivity contribution >= 4 is 28.2 Å². The summed E-state index contributed by atoms with van der Waals surface area (Å²) in [6.45, 7) is 0.546. The van der Waals surface area contributed by atoms with Gasteiger partial charge in [0.05, 0.1) is 24.3 Å². The number of hydrogen-bond donors (Lipinski definition) is 3. The maximum Gasteiger partial charge on any atom is 1.00 e. The second kappa shape index (κ2) is 9.35. The van der Waals surface area contributed by atoms with E-state index in [9.17, 15) is 27.4 Å². The van der Waals surface area contributed by atoms with Gasteiger partial charge in [-0.15, -0.1) is 5.10 Å². The number of carbonyl (C=O) groups excluding carboxylic acids is 3. The molecule has 17 heteroatoms. The summed E-state index contributed by atoms with van der Waals surface area (Å²) in [7, 11) is -5.11. The Kier molecular flexibility index (Phi) is 7.19. The molecule has 3 saturated heterocycles. The third-order valence-electron chi connectivity index (χ3n) is 5.35. The molecule has 0 aromatic carbocycles. The zero-order valence-electron chi connectivity index (χ0n) is 16.5. The SMILES string of the molecule is O=C(NNC(=O)[C@H]1CC[C@@H]2CN1C(=O)N2OS(=O)(=O)[O-])[C@@H]1C[C@H](n2ccnn2)CN1.[Na+]. The van der Waals surface area contributed by atoms with E-state index in [1.54, 1.807) is 17.1 Å². The molecule has 0 radical (unpaired) electrons. The number of hydrogen-bond acceptors (Lipinski definition) is 10. The second-order valence-electron chi connectivity index (χ2n) is 7.20. The number of piperidine rings is 1. The molecule has 3 fully saturated rings. The Morgan fingerprint density at radius 2 is 1.97 bits per heavy atom. The number of nitrogens with zero attached hydrogens (tertiary/aromatic N) is 5. The summed E-state index contributed by atoms with van der Waals surface area (Å²) in [4.78, 5) is 38.2. The van der Waals surface area contributed by atoms with E-state index >= 15 is 0 Å². The smallest absolute Gasteiger partial charge is 0.724 e. The van der Waals surface area contributed by atoms with Crippen LogP contribution in [0.2, 0.25) is 0 Å². The van der Waals surface area contributed by atoms with Crippen molar-refractivity contribution in [2.45, 2.75) is 43.4 Å². The van der Waals surface area contributed by atoms with Crippen LogP contribution in [0.1, 0.15) is 25.3 Å². The Balaban J connectivity index is 0.00000272. The number of rotatable bonds is 5. The minimum Gasteiger partial charge on any atom is -0.724 e. The van der Waals surface area contributed by atoms with Gasteiger partial charge in [0.25, 0.3) is 11.8 Å². The molecule has 2 bridgehead atoms. The second-order valence-corrected chi connectivity index (χ2v) is 8.17. The molecular formula is C14H19N8NaO7S. The third-order valence-corrected chi connectivity index (χ3v) is 5.69. The van der Waals surface area contributed by atoms with Crippen LogP contribution < -0.4 is 45.7 Å². The zero-order valence-corrected chi connectivity index (χ0v) is 19.3. The monoisotopic (exact) mass is 466 g/mol. The average molecular weight is 466 g/mol. The fraction of sp³-hybridized carbons (Fsp3) is 0.643. The van der Waals surface area contributed by atoms with Crippen molar-refractivity contribution in [3.63, 3.8) is 0 Å². The zero-order chi connectivity index (χ0) is 21.5. The summed E-state index contributed by atoms with van der Waals surface area (Å²) in [6.07, 6.45) is 4.17. The molecule has 4 heterocycles.